The van der Waals surface area contributed by atoms with Gasteiger partial charge in [-0.1, -0.05) is 0 Å². The smallest absolute Gasteiger partial charge is 0.408 e. The number of amides is 1. The summed E-state index contributed by atoms with van der Waals surface area (Å²) in [4.78, 5) is 11.7. The molecule has 20 heavy (non-hydrogen) atoms. The first-order chi connectivity index (χ1) is 9.25. The van der Waals surface area contributed by atoms with Crippen LogP contribution >= 0.6 is 0 Å². The average Bonchev–Trinajstić information content (AvgIpc) is 2.32. The van der Waals surface area contributed by atoms with Crippen molar-refractivity contribution in [1.29, 1.82) is 0 Å². The number of ether oxygens (including phenoxy) is 2. The molecule has 6 heteroatoms. The number of hydrogen-bond donors (Lipinski definition) is 2. The molecule has 1 rings (SSSR count). The van der Waals surface area contributed by atoms with E-state index < -0.39 is 23.6 Å². The molecule has 1 aromatic rings. The normalized spacial score (nSPS) is 12.7. The molecule has 0 bridgehead atoms. The fourth-order valence-corrected chi connectivity index (χ4v) is 1.59. The van der Waals surface area contributed by atoms with Gasteiger partial charge in [0.15, 0.2) is 0 Å². The number of nitrogens with one attached hydrogen (secondary N) is 1. The second-order valence-electron chi connectivity index (χ2n) is 5.31. The molecule has 0 spiro atoms. The molecule has 1 amide bonds. The molecule has 0 saturated carbocycles. The first-order valence-corrected chi connectivity index (χ1v) is 6.20. The number of carbonyl (C=O) groups is 1. The number of alkyl carbamates (subject to hydrolysis) is 1. The Bertz CT molecular complexity index is 471. The highest BCUT2D eigenvalue weighted by Gasteiger charge is 2.20. The number of aliphatic hydroxyl groups is 1. The Hall–Kier alpha value is -1.82. The summed E-state index contributed by atoms with van der Waals surface area (Å²) in [6.45, 7) is 4.80. The molecular formula is C14H20FNO4. The second-order valence-corrected chi connectivity index (χ2v) is 5.31. The third-order valence-corrected chi connectivity index (χ3v) is 2.41. The van der Waals surface area contributed by atoms with E-state index in [-0.39, 0.29) is 6.61 Å². The zero-order chi connectivity index (χ0) is 15.3. The highest BCUT2D eigenvalue weighted by Crippen LogP contribution is 2.21. The van der Waals surface area contributed by atoms with E-state index in [1.807, 2.05) is 0 Å². The van der Waals surface area contributed by atoms with Crippen LogP contribution < -0.4 is 10.1 Å². The first kappa shape index (κ1) is 16.2. The zero-order valence-corrected chi connectivity index (χ0v) is 12.1. The predicted molar refractivity (Wildman–Crippen MR) is 72.1 cm³/mol. The molecule has 0 saturated heterocycles. The standard InChI is InChI=1S/C14H20FNO4/c1-14(2,3)20-13(18)16-12(8-17)9-5-10(15)7-11(6-9)19-4/h5-7,12,17H,8H2,1-4H3,(H,16,18)/t12-/m1/s1. The van der Waals surface area contributed by atoms with E-state index in [1.54, 1.807) is 26.8 Å². The number of aliphatic hydroxyl groups excluding tert-OH is 1. The molecule has 0 heterocycles. The summed E-state index contributed by atoms with van der Waals surface area (Å²) in [5.41, 5.74) is -0.251. The molecule has 0 aromatic heterocycles. The minimum Gasteiger partial charge on any atom is -0.497 e. The summed E-state index contributed by atoms with van der Waals surface area (Å²) in [7, 11) is 1.41. The van der Waals surface area contributed by atoms with Crippen LogP contribution in [0.1, 0.15) is 32.4 Å². The van der Waals surface area contributed by atoms with Gasteiger partial charge in [0.05, 0.1) is 19.8 Å². The zero-order valence-electron chi connectivity index (χ0n) is 12.1. The Morgan fingerprint density at radius 1 is 1.40 bits per heavy atom. The van der Waals surface area contributed by atoms with E-state index >= 15 is 0 Å². The average molecular weight is 285 g/mol. The molecular weight excluding hydrogens is 265 g/mol. The molecule has 1 atom stereocenters. The van der Waals surface area contributed by atoms with Crippen LogP contribution in [-0.2, 0) is 4.74 Å². The van der Waals surface area contributed by atoms with Crippen molar-refractivity contribution in [2.45, 2.75) is 32.4 Å². The van der Waals surface area contributed by atoms with Crippen LogP contribution in [0.4, 0.5) is 9.18 Å². The predicted octanol–water partition coefficient (Wildman–Crippen LogP) is 2.39. The van der Waals surface area contributed by atoms with Gasteiger partial charge in [-0.2, -0.15) is 0 Å². The lowest BCUT2D eigenvalue weighted by Crippen LogP contribution is -2.36. The number of hydrogen-bond acceptors (Lipinski definition) is 4. The van der Waals surface area contributed by atoms with Crippen molar-refractivity contribution in [3.8, 4) is 5.75 Å². The highest BCUT2D eigenvalue weighted by atomic mass is 19.1. The minimum atomic E-state index is -0.769. The van der Waals surface area contributed by atoms with Gasteiger partial charge in [-0.3, -0.25) is 0 Å². The lowest BCUT2D eigenvalue weighted by molar-refractivity contribution is 0.0481. The topological polar surface area (TPSA) is 67.8 Å². The van der Waals surface area contributed by atoms with E-state index in [0.717, 1.165) is 0 Å². The van der Waals surface area contributed by atoms with Gasteiger partial charge in [-0.05, 0) is 38.5 Å². The lowest BCUT2D eigenvalue weighted by atomic mass is 10.1. The quantitative estimate of drug-likeness (QED) is 0.891. The minimum absolute atomic E-state index is 0.310. The maximum atomic E-state index is 13.4. The SMILES string of the molecule is COc1cc(F)cc([C@@H](CO)NC(=O)OC(C)(C)C)c1. The van der Waals surface area contributed by atoms with Gasteiger partial charge in [-0.25, -0.2) is 9.18 Å². The van der Waals surface area contributed by atoms with E-state index in [9.17, 15) is 14.3 Å². The number of rotatable bonds is 4. The molecule has 0 radical (unpaired) electrons. The summed E-state index contributed by atoms with van der Waals surface area (Å²) < 4.78 is 23.5. The number of benzene rings is 1. The van der Waals surface area contributed by atoms with Crippen molar-refractivity contribution in [2.24, 2.45) is 0 Å². The number of methoxy groups -OCH3 is 1. The summed E-state index contributed by atoms with van der Waals surface area (Å²) in [5.74, 6) is -0.201. The van der Waals surface area contributed by atoms with Crippen molar-refractivity contribution in [1.82, 2.24) is 5.32 Å². The van der Waals surface area contributed by atoms with Crippen molar-refractivity contribution in [3.05, 3.63) is 29.6 Å². The summed E-state index contributed by atoms with van der Waals surface area (Å²) >= 11 is 0. The summed E-state index contributed by atoms with van der Waals surface area (Å²) in [6, 6.07) is 3.21. The van der Waals surface area contributed by atoms with Crippen LogP contribution in [0.5, 0.6) is 5.75 Å². The Labute approximate surface area is 117 Å². The molecule has 0 unspecified atom stereocenters. The molecule has 0 aliphatic carbocycles. The molecule has 1 aromatic carbocycles. The van der Waals surface area contributed by atoms with Crippen LogP contribution in [0.15, 0.2) is 18.2 Å². The Morgan fingerprint density at radius 3 is 2.55 bits per heavy atom. The van der Waals surface area contributed by atoms with Crippen LogP contribution in [0.3, 0.4) is 0 Å². The van der Waals surface area contributed by atoms with Crippen molar-refractivity contribution >= 4 is 6.09 Å². The van der Waals surface area contributed by atoms with Crippen molar-refractivity contribution in [3.63, 3.8) is 0 Å². The van der Waals surface area contributed by atoms with Gasteiger partial charge in [0.2, 0.25) is 0 Å². The third-order valence-electron chi connectivity index (χ3n) is 2.41. The fraction of sp³-hybridized carbons (Fsp3) is 0.500. The molecule has 0 aliphatic rings. The van der Waals surface area contributed by atoms with Crippen LogP contribution in [-0.4, -0.2) is 30.5 Å². The third kappa shape index (κ3) is 5.05. The van der Waals surface area contributed by atoms with Crippen LogP contribution in [0.25, 0.3) is 0 Å². The van der Waals surface area contributed by atoms with Gasteiger partial charge in [-0.15, -0.1) is 0 Å². The lowest BCUT2D eigenvalue weighted by Gasteiger charge is -2.23. The Kier molecular flexibility index (Phi) is 5.33. The van der Waals surface area contributed by atoms with Crippen molar-refractivity contribution < 1.29 is 23.8 Å². The second kappa shape index (κ2) is 6.56. The maximum absolute atomic E-state index is 13.4. The van der Waals surface area contributed by atoms with Crippen LogP contribution in [0.2, 0.25) is 0 Å². The van der Waals surface area contributed by atoms with E-state index in [0.29, 0.717) is 11.3 Å². The Balaban J connectivity index is 2.85. The van der Waals surface area contributed by atoms with E-state index in [1.165, 1.54) is 19.2 Å². The van der Waals surface area contributed by atoms with Gasteiger partial charge in [0.1, 0.15) is 17.2 Å². The van der Waals surface area contributed by atoms with Gasteiger partial charge in [0, 0.05) is 6.07 Å². The van der Waals surface area contributed by atoms with E-state index in [4.69, 9.17) is 9.47 Å². The maximum Gasteiger partial charge on any atom is 0.408 e. The monoisotopic (exact) mass is 285 g/mol. The Morgan fingerprint density at radius 2 is 2.05 bits per heavy atom. The van der Waals surface area contributed by atoms with E-state index in [2.05, 4.69) is 5.32 Å². The summed E-state index contributed by atoms with van der Waals surface area (Å²) in [5, 5.41) is 11.8. The summed E-state index contributed by atoms with van der Waals surface area (Å²) in [6.07, 6.45) is -0.681. The fourth-order valence-electron chi connectivity index (χ4n) is 1.59. The van der Waals surface area contributed by atoms with Crippen LogP contribution in [0, 0.1) is 5.82 Å². The molecule has 0 fully saturated rings. The van der Waals surface area contributed by atoms with Gasteiger partial charge in [0.25, 0.3) is 0 Å². The van der Waals surface area contributed by atoms with Gasteiger partial charge >= 0.3 is 6.09 Å². The highest BCUT2D eigenvalue weighted by molar-refractivity contribution is 5.68. The van der Waals surface area contributed by atoms with Crippen molar-refractivity contribution in [2.75, 3.05) is 13.7 Å². The molecule has 5 nitrogen and oxygen atoms in total. The largest absolute Gasteiger partial charge is 0.497 e. The number of halogens is 1. The molecule has 112 valence electrons. The van der Waals surface area contributed by atoms with Gasteiger partial charge < -0.3 is 19.9 Å². The molecule has 2 N–H and O–H groups in total. The first-order valence-electron chi connectivity index (χ1n) is 6.20. The molecule has 0 aliphatic heterocycles. The number of carbonyl (C=O) groups excluding carboxylic acids is 1.